The minimum Gasteiger partial charge on any atom is -0.481 e. The number of anilines is 1. The van der Waals surface area contributed by atoms with E-state index in [1.165, 1.54) is 19.2 Å². The highest BCUT2D eigenvalue weighted by molar-refractivity contribution is 5.59. The highest BCUT2D eigenvalue weighted by Crippen LogP contribution is 2.31. The van der Waals surface area contributed by atoms with Crippen LogP contribution in [0.2, 0.25) is 0 Å². The van der Waals surface area contributed by atoms with Crippen LogP contribution in [0.15, 0.2) is 12.1 Å². The summed E-state index contributed by atoms with van der Waals surface area (Å²) in [4.78, 5) is 16.9. The molecule has 1 aromatic heterocycles. The third kappa shape index (κ3) is 2.82. The lowest BCUT2D eigenvalue weighted by Gasteiger charge is -2.36. The molecule has 7 heteroatoms. The molecular weight excluding hydrogens is 260 g/mol. The normalized spacial score (nSPS) is 22.6. The minimum absolute atomic E-state index is 0.0103. The number of hydrogen-bond acceptors (Lipinski definition) is 6. The SMILES string of the molecule is CCC1CN(c2nc(OC)ccc2[N+](=O)[O-])CCC1N. The van der Waals surface area contributed by atoms with E-state index in [2.05, 4.69) is 11.9 Å². The molecule has 2 atom stereocenters. The van der Waals surface area contributed by atoms with E-state index in [0.29, 0.717) is 30.7 Å². The average molecular weight is 280 g/mol. The number of piperidine rings is 1. The van der Waals surface area contributed by atoms with Gasteiger partial charge in [-0.15, -0.1) is 0 Å². The summed E-state index contributed by atoms with van der Waals surface area (Å²) in [7, 11) is 1.50. The lowest BCUT2D eigenvalue weighted by atomic mass is 9.90. The summed E-state index contributed by atoms with van der Waals surface area (Å²) in [5, 5.41) is 11.2. The predicted molar refractivity (Wildman–Crippen MR) is 76.0 cm³/mol. The molecule has 1 saturated heterocycles. The maximum Gasteiger partial charge on any atom is 0.311 e. The Morgan fingerprint density at radius 1 is 1.60 bits per heavy atom. The fraction of sp³-hybridized carbons (Fsp3) is 0.615. The first-order valence-corrected chi connectivity index (χ1v) is 6.76. The summed E-state index contributed by atoms with van der Waals surface area (Å²) in [6.07, 6.45) is 1.77. The largest absolute Gasteiger partial charge is 0.481 e. The van der Waals surface area contributed by atoms with Crippen molar-refractivity contribution in [2.75, 3.05) is 25.1 Å². The Morgan fingerprint density at radius 3 is 2.95 bits per heavy atom. The van der Waals surface area contributed by atoms with Crippen molar-refractivity contribution in [2.45, 2.75) is 25.8 Å². The Balaban J connectivity index is 2.32. The number of ether oxygens (including phenoxy) is 1. The van der Waals surface area contributed by atoms with Gasteiger partial charge in [0.15, 0.2) is 0 Å². The standard InChI is InChI=1S/C13H20N4O3/c1-3-9-8-16(7-6-10(9)14)13-11(17(18)19)4-5-12(15-13)20-2/h4-5,9-10H,3,6-8,14H2,1-2H3. The van der Waals surface area contributed by atoms with Crippen molar-refractivity contribution in [3.8, 4) is 5.88 Å². The Bertz CT molecular complexity index is 495. The van der Waals surface area contributed by atoms with Crippen LogP contribution >= 0.6 is 0 Å². The first kappa shape index (κ1) is 14.5. The number of nitrogens with two attached hydrogens (primary N) is 1. The predicted octanol–water partition coefficient (Wildman–Crippen LogP) is 1.56. The highest BCUT2D eigenvalue weighted by atomic mass is 16.6. The number of nitro groups is 1. The number of methoxy groups -OCH3 is 1. The van der Waals surface area contributed by atoms with Gasteiger partial charge in [-0.2, -0.15) is 4.98 Å². The van der Waals surface area contributed by atoms with Crippen molar-refractivity contribution >= 4 is 11.5 Å². The molecule has 0 amide bonds. The van der Waals surface area contributed by atoms with E-state index < -0.39 is 4.92 Å². The number of nitrogens with zero attached hydrogens (tertiary/aromatic N) is 3. The van der Waals surface area contributed by atoms with Gasteiger partial charge in [0.25, 0.3) is 0 Å². The van der Waals surface area contributed by atoms with E-state index in [4.69, 9.17) is 10.5 Å². The Kier molecular flexibility index (Phi) is 4.39. The molecule has 20 heavy (non-hydrogen) atoms. The highest BCUT2D eigenvalue weighted by Gasteiger charge is 2.30. The topological polar surface area (TPSA) is 94.5 Å². The Labute approximate surface area is 117 Å². The second-order valence-corrected chi connectivity index (χ2v) is 5.02. The van der Waals surface area contributed by atoms with Crippen LogP contribution in [0, 0.1) is 16.0 Å². The molecule has 2 N–H and O–H groups in total. The summed E-state index contributed by atoms with van der Waals surface area (Å²) in [6, 6.07) is 3.10. The van der Waals surface area contributed by atoms with Crippen LogP contribution in [-0.2, 0) is 0 Å². The fourth-order valence-electron chi connectivity index (χ4n) is 2.59. The van der Waals surface area contributed by atoms with E-state index in [-0.39, 0.29) is 11.7 Å². The Hall–Kier alpha value is -1.89. The van der Waals surface area contributed by atoms with E-state index in [9.17, 15) is 10.1 Å². The molecule has 0 aromatic carbocycles. The van der Waals surface area contributed by atoms with Crippen LogP contribution in [0.3, 0.4) is 0 Å². The molecule has 0 aliphatic carbocycles. The van der Waals surface area contributed by atoms with Gasteiger partial charge < -0.3 is 15.4 Å². The average Bonchev–Trinajstić information content (AvgIpc) is 2.47. The molecule has 1 fully saturated rings. The second kappa shape index (κ2) is 6.04. The smallest absolute Gasteiger partial charge is 0.311 e. The maximum absolute atomic E-state index is 11.2. The number of aromatic nitrogens is 1. The van der Waals surface area contributed by atoms with Crippen molar-refractivity contribution in [2.24, 2.45) is 11.7 Å². The zero-order valence-corrected chi connectivity index (χ0v) is 11.8. The monoisotopic (exact) mass is 280 g/mol. The zero-order valence-electron chi connectivity index (χ0n) is 11.8. The first-order valence-electron chi connectivity index (χ1n) is 6.76. The van der Waals surface area contributed by atoms with E-state index in [1.54, 1.807) is 0 Å². The van der Waals surface area contributed by atoms with Crippen molar-refractivity contribution < 1.29 is 9.66 Å². The molecule has 0 bridgehead atoms. The third-order valence-corrected chi connectivity index (χ3v) is 3.85. The maximum atomic E-state index is 11.2. The van der Waals surface area contributed by atoms with Crippen molar-refractivity contribution in [3.05, 3.63) is 22.2 Å². The molecule has 1 aromatic rings. The van der Waals surface area contributed by atoms with Gasteiger partial charge in [-0.05, 0) is 12.3 Å². The number of hydrogen-bond donors (Lipinski definition) is 1. The van der Waals surface area contributed by atoms with Gasteiger partial charge in [0.1, 0.15) is 0 Å². The zero-order chi connectivity index (χ0) is 14.7. The summed E-state index contributed by atoms with van der Waals surface area (Å²) >= 11 is 0. The van der Waals surface area contributed by atoms with E-state index >= 15 is 0 Å². The van der Waals surface area contributed by atoms with Crippen molar-refractivity contribution in [1.82, 2.24) is 4.98 Å². The summed E-state index contributed by atoms with van der Waals surface area (Å²) in [5.41, 5.74) is 6.09. The molecule has 0 saturated carbocycles. The van der Waals surface area contributed by atoms with Crippen LogP contribution in [-0.4, -0.2) is 36.1 Å². The van der Waals surface area contributed by atoms with Crippen LogP contribution in [0.5, 0.6) is 5.88 Å². The lowest BCUT2D eigenvalue weighted by molar-refractivity contribution is -0.384. The van der Waals surface area contributed by atoms with Crippen molar-refractivity contribution in [3.63, 3.8) is 0 Å². The lowest BCUT2D eigenvalue weighted by Crippen LogP contribution is -2.47. The second-order valence-electron chi connectivity index (χ2n) is 5.02. The molecule has 7 nitrogen and oxygen atoms in total. The molecule has 2 rings (SSSR count). The van der Waals surface area contributed by atoms with Crippen LogP contribution in [0.4, 0.5) is 11.5 Å². The van der Waals surface area contributed by atoms with Crippen LogP contribution in [0.1, 0.15) is 19.8 Å². The number of pyridine rings is 1. The summed E-state index contributed by atoms with van der Waals surface area (Å²) in [6.45, 7) is 3.46. The molecule has 1 aliphatic heterocycles. The minimum atomic E-state index is -0.405. The van der Waals surface area contributed by atoms with Crippen molar-refractivity contribution in [1.29, 1.82) is 0 Å². The fourth-order valence-corrected chi connectivity index (χ4v) is 2.59. The quantitative estimate of drug-likeness (QED) is 0.664. The molecular formula is C13H20N4O3. The number of rotatable bonds is 4. The molecule has 1 aliphatic rings. The van der Waals surface area contributed by atoms with Gasteiger partial charge in [-0.3, -0.25) is 10.1 Å². The Morgan fingerprint density at radius 2 is 2.35 bits per heavy atom. The van der Waals surface area contributed by atoms with E-state index in [1.807, 2.05) is 4.90 Å². The van der Waals surface area contributed by atoms with Gasteiger partial charge in [0, 0.05) is 31.3 Å². The van der Waals surface area contributed by atoms with Gasteiger partial charge in [0.05, 0.1) is 12.0 Å². The summed E-state index contributed by atoms with van der Waals surface area (Å²) < 4.78 is 5.07. The summed E-state index contributed by atoms with van der Waals surface area (Å²) in [5.74, 6) is 1.09. The van der Waals surface area contributed by atoms with Gasteiger partial charge in [-0.1, -0.05) is 13.3 Å². The molecule has 2 heterocycles. The van der Waals surface area contributed by atoms with Gasteiger partial charge >= 0.3 is 5.69 Å². The molecule has 0 radical (unpaired) electrons. The first-order chi connectivity index (χ1) is 9.56. The van der Waals surface area contributed by atoms with Gasteiger partial charge in [0.2, 0.25) is 11.7 Å². The van der Waals surface area contributed by atoms with Crippen LogP contribution < -0.4 is 15.4 Å². The van der Waals surface area contributed by atoms with Crippen LogP contribution in [0.25, 0.3) is 0 Å². The molecule has 2 unspecified atom stereocenters. The van der Waals surface area contributed by atoms with E-state index in [0.717, 1.165) is 12.8 Å². The van der Waals surface area contributed by atoms with Gasteiger partial charge in [-0.25, -0.2) is 0 Å². The molecule has 110 valence electrons. The third-order valence-electron chi connectivity index (χ3n) is 3.85. The molecule has 0 spiro atoms.